The van der Waals surface area contributed by atoms with E-state index in [2.05, 4.69) is 0 Å². The quantitative estimate of drug-likeness (QED) is 0.912. The molecule has 3 rings (SSSR count). The number of hydrogen-bond acceptors (Lipinski definition) is 3. The van der Waals surface area contributed by atoms with E-state index in [1.54, 1.807) is 24.3 Å². The molecule has 126 valence electrons. The van der Waals surface area contributed by atoms with Crippen molar-refractivity contribution in [1.29, 1.82) is 0 Å². The Balaban J connectivity index is 1.93. The number of amides is 1. The molecule has 1 aliphatic rings. The fraction of sp³-hybridized carbons (Fsp3) is 0.235. The first-order valence-corrected chi connectivity index (χ1v) is 7.27. The summed E-state index contributed by atoms with van der Waals surface area (Å²) in [6, 6.07) is 10.5. The molecule has 2 aromatic carbocycles. The molecular formula is C17H14F3NO3. The van der Waals surface area contributed by atoms with Gasteiger partial charge in [-0.25, -0.2) is 0 Å². The number of halogens is 3. The summed E-state index contributed by atoms with van der Waals surface area (Å²) in [4.78, 5) is 14.2. The summed E-state index contributed by atoms with van der Waals surface area (Å²) in [5.41, 5.74) is 0.331. The number of anilines is 1. The van der Waals surface area contributed by atoms with Gasteiger partial charge < -0.3 is 14.7 Å². The van der Waals surface area contributed by atoms with Crippen LogP contribution in [0.4, 0.5) is 18.9 Å². The van der Waals surface area contributed by atoms with E-state index >= 15 is 0 Å². The van der Waals surface area contributed by atoms with Crippen LogP contribution in [0.1, 0.15) is 15.9 Å². The molecule has 0 unspecified atom stereocenters. The number of aromatic hydroxyl groups is 1. The van der Waals surface area contributed by atoms with Crippen molar-refractivity contribution in [1.82, 2.24) is 0 Å². The van der Waals surface area contributed by atoms with Crippen molar-refractivity contribution >= 4 is 11.6 Å². The number of rotatable bonds is 2. The first kappa shape index (κ1) is 16.2. The van der Waals surface area contributed by atoms with Crippen molar-refractivity contribution in [3.05, 3.63) is 53.6 Å². The van der Waals surface area contributed by atoms with Crippen LogP contribution < -0.4 is 9.64 Å². The highest BCUT2D eigenvalue weighted by Gasteiger charge is 2.30. The van der Waals surface area contributed by atoms with Crippen LogP contribution in [0.2, 0.25) is 0 Å². The van der Waals surface area contributed by atoms with Gasteiger partial charge in [-0.05, 0) is 30.3 Å². The van der Waals surface area contributed by atoms with Gasteiger partial charge in [0.25, 0.3) is 5.91 Å². The number of para-hydroxylation sites is 2. The normalized spacial score (nSPS) is 14.0. The molecule has 0 aromatic heterocycles. The summed E-state index contributed by atoms with van der Waals surface area (Å²) in [5.74, 6) is -0.369. The zero-order valence-electron chi connectivity index (χ0n) is 12.5. The van der Waals surface area contributed by atoms with Crippen molar-refractivity contribution in [2.45, 2.75) is 12.6 Å². The van der Waals surface area contributed by atoms with Gasteiger partial charge in [-0.15, -0.1) is 0 Å². The van der Waals surface area contributed by atoms with Crippen molar-refractivity contribution in [3.63, 3.8) is 0 Å². The first-order chi connectivity index (χ1) is 11.3. The zero-order chi connectivity index (χ0) is 17.3. The molecule has 0 atom stereocenters. The Labute approximate surface area is 136 Å². The predicted octanol–water partition coefficient (Wildman–Crippen LogP) is 3.54. The minimum atomic E-state index is -4.47. The smallest absolute Gasteiger partial charge is 0.393 e. The van der Waals surface area contributed by atoms with Crippen molar-refractivity contribution in [2.24, 2.45) is 0 Å². The lowest BCUT2D eigenvalue weighted by Gasteiger charge is -2.29. The molecular weight excluding hydrogens is 323 g/mol. The molecule has 1 aliphatic heterocycles. The number of alkyl halides is 3. The second-order valence-electron chi connectivity index (χ2n) is 5.41. The average molecular weight is 337 g/mol. The van der Waals surface area contributed by atoms with Gasteiger partial charge in [-0.3, -0.25) is 4.79 Å². The van der Waals surface area contributed by atoms with E-state index in [9.17, 15) is 23.1 Å². The Morgan fingerprint density at radius 3 is 2.71 bits per heavy atom. The lowest BCUT2D eigenvalue weighted by atomic mass is 10.0. The van der Waals surface area contributed by atoms with Crippen molar-refractivity contribution in [2.75, 3.05) is 18.1 Å². The summed E-state index contributed by atoms with van der Waals surface area (Å²) >= 11 is 0. The van der Waals surface area contributed by atoms with Crippen LogP contribution in [0.3, 0.4) is 0 Å². The van der Waals surface area contributed by atoms with E-state index in [0.717, 1.165) is 12.1 Å². The minimum absolute atomic E-state index is 0.0868. The van der Waals surface area contributed by atoms with Gasteiger partial charge in [-0.1, -0.05) is 12.1 Å². The molecule has 0 saturated carbocycles. The second-order valence-corrected chi connectivity index (χ2v) is 5.41. The van der Waals surface area contributed by atoms with Crippen LogP contribution in [-0.2, 0) is 6.42 Å². The third-order valence-corrected chi connectivity index (χ3v) is 3.69. The third kappa shape index (κ3) is 3.29. The third-order valence-electron chi connectivity index (χ3n) is 3.69. The summed E-state index contributed by atoms with van der Waals surface area (Å²) < 4.78 is 43.2. The van der Waals surface area contributed by atoms with E-state index in [0.29, 0.717) is 24.6 Å². The fourth-order valence-corrected chi connectivity index (χ4v) is 2.61. The molecule has 0 bridgehead atoms. The number of phenolic OH excluding ortho intramolecular Hbond substituents is 1. The van der Waals surface area contributed by atoms with Gasteiger partial charge in [0.15, 0.2) is 0 Å². The van der Waals surface area contributed by atoms with Crippen LogP contribution in [0, 0.1) is 0 Å². The predicted molar refractivity (Wildman–Crippen MR) is 81.5 cm³/mol. The van der Waals surface area contributed by atoms with Gasteiger partial charge in [-0.2, -0.15) is 13.2 Å². The largest absolute Gasteiger partial charge is 0.508 e. The molecule has 1 amide bonds. The zero-order valence-corrected chi connectivity index (χ0v) is 12.5. The highest BCUT2D eigenvalue weighted by Crippen LogP contribution is 2.33. The Morgan fingerprint density at radius 2 is 1.96 bits per heavy atom. The van der Waals surface area contributed by atoms with Gasteiger partial charge in [0.2, 0.25) is 0 Å². The summed E-state index contributed by atoms with van der Waals surface area (Å²) in [6.07, 6.45) is -5.76. The van der Waals surface area contributed by atoms with Crippen LogP contribution in [-0.4, -0.2) is 30.3 Å². The number of hydrogen-bond donors (Lipinski definition) is 1. The van der Waals surface area contributed by atoms with Crippen molar-refractivity contribution < 1.29 is 27.8 Å². The maximum atomic E-state index is 12.7. The van der Waals surface area contributed by atoms with E-state index in [-0.39, 0.29) is 11.1 Å². The Kier molecular flexibility index (Phi) is 4.09. The highest BCUT2D eigenvalue weighted by atomic mass is 19.4. The van der Waals surface area contributed by atoms with Gasteiger partial charge in [0.1, 0.15) is 18.1 Å². The van der Waals surface area contributed by atoms with E-state index in [1.165, 1.54) is 11.0 Å². The number of fused-ring (bicyclic) bond motifs is 1. The highest BCUT2D eigenvalue weighted by molar-refractivity contribution is 6.07. The fourth-order valence-electron chi connectivity index (χ4n) is 2.61. The van der Waals surface area contributed by atoms with Crippen LogP contribution in [0.15, 0.2) is 42.5 Å². The molecule has 1 heterocycles. The topological polar surface area (TPSA) is 49.8 Å². The standard InChI is InChI=1S/C17H14F3NO3/c18-17(19,20)10-12-9-11(5-6-14(12)22)16(23)21-7-8-24-15-4-2-1-3-13(15)21/h1-6,9,22H,7-8,10H2. The SMILES string of the molecule is O=C(c1ccc(O)c(CC(F)(F)F)c1)N1CCOc2ccccc21. The maximum Gasteiger partial charge on any atom is 0.393 e. The van der Waals surface area contributed by atoms with Gasteiger partial charge >= 0.3 is 6.18 Å². The first-order valence-electron chi connectivity index (χ1n) is 7.27. The van der Waals surface area contributed by atoms with Crippen molar-refractivity contribution in [3.8, 4) is 11.5 Å². The molecule has 7 heteroatoms. The number of ether oxygens (including phenoxy) is 1. The molecule has 0 saturated heterocycles. The molecule has 24 heavy (non-hydrogen) atoms. The summed E-state index contributed by atoms with van der Waals surface area (Å²) in [7, 11) is 0. The lowest BCUT2D eigenvalue weighted by Crippen LogP contribution is -2.38. The van der Waals surface area contributed by atoms with Gasteiger partial charge in [0, 0.05) is 11.1 Å². The minimum Gasteiger partial charge on any atom is -0.508 e. The molecule has 0 radical (unpaired) electrons. The maximum absolute atomic E-state index is 12.7. The molecule has 0 spiro atoms. The number of benzene rings is 2. The van der Waals surface area contributed by atoms with E-state index in [1.807, 2.05) is 0 Å². The number of carbonyl (C=O) groups is 1. The summed E-state index contributed by atoms with van der Waals surface area (Å²) in [5, 5.41) is 9.60. The van der Waals surface area contributed by atoms with Crippen LogP contribution >= 0.6 is 0 Å². The van der Waals surface area contributed by atoms with Crippen LogP contribution in [0.5, 0.6) is 11.5 Å². The number of phenols is 1. The molecule has 0 fully saturated rings. The monoisotopic (exact) mass is 337 g/mol. The Morgan fingerprint density at radius 1 is 1.21 bits per heavy atom. The molecule has 2 aromatic rings. The number of carbonyl (C=O) groups excluding carboxylic acids is 1. The average Bonchev–Trinajstić information content (AvgIpc) is 2.54. The Bertz CT molecular complexity index is 774. The molecule has 1 N–H and O–H groups in total. The second kappa shape index (κ2) is 6.07. The Hall–Kier alpha value is -2.70. The number of nitrogens with zero attached hydrogens (tertiary/aromatic N) is 1. The summed E-state index contributed by atoms with van der Waals surface area (Å²) in [6.45, 7) is 0.599. The van der Waals surface area contributed by atoms with E-state index < -0.39 is 24.3 Å². The van der Waals surface area contributed by atoms with Crippen LogP contribution in [0.25, 0.3) is 0 Å². The molecule has 0 aliphatic carbocycles. The van der Waals surface area contributed by atoms with E-state index in [4.69, 9.17) is 4.74 Å². The molecule has 4 nitrogen and oxygen atoms in total. The van der Waals surface area contributed by atoms with Gasteiger partial charge in [0.05, 0.1) is 18.7 Å². The lowest BCUT2D eigenvalue weighted by molar-refractivity contribution is -0.127.